The third-order valence-corrected chi connectivity index (χ3v) is 6.10. The van der Waals surface area contributed by atoms with Crippen molar-refractivity contribution >= 4 is 22.7 Å². The molecule has 2 fully saturated rings. The van der Waals surface area contributed by atoms with Crippen molar-refractivity contribution in [1.29, 1.82) is 0 Å². The van der Waals surface area contributed by atoms with Gasteiger partial charge in [0.15, 0.2) is 0 Å². The van der Waals surface area contributed by atoms with Gasteiger partial charge in [0.2, 0.25) is 5.88 Å². The van der Waals surface area contributed by atoms with Crippen molar-refractivity contribution in [2.24, 2.45) is 7.05 Å². The minimum absolute atomic E-state index is 0.0285. The Morgan fingerprint density at radius 2 is 1.90 bits per heavy atom. The first-order chi connectivity index (χ1) is 14.7. The molecule has 0 bridgehead atoms. The van der Waals surface area contributed by atoms with Crippen molar-refractivity contribution in [2.75, 3.05) is 18.5 Å². The number of aromatic nitrogens is 4. The zero-order chi connectivity index (χ0) is 20.5. The Balaban J connectivity index is 1.41. The van der Waals surface area contributed by atoms with Gasteiger partial charge in [-0.3, -0.25) is 9.13 Å². The average molecular weight is 409 g/mol. The highest BCUT2D eigenvalue weighted by Gasteiger charge is 2.23. The van der Waals surface area contributed by atoms with Gasteiger partial charge < -0.3 is 14.8 Å². The van der Waals surface area contributed by atoms with Gasteiger partial charge in [-0.1, -0.05) is 18.9 Å². The molecule has 1 saturated carbocycles. The molecular weight excluding hydrogens is 382 g/mol. The van der Waals surface area contributed by atoms with E-state index >= 15 is 0 Å². The van der Waals surface area contributed by atoms with Crippen LogP contribution in [-0.4, -0.2) is 38.4 Å². The van der Waals surface area contributed by atoms with Gasteiger partial charge in [0.05, 0.1) is 30.4 Å². The molecule has 4 heterocycles. The van der Waals surface area contributed by atoms with Crippen LogP contribution in [0.5, 0.6) is 5.88 Å². The topological polar surface area (TPSA) is 83.2 Å². The third kappa shape index (κ3) is 3.67. The van der Waals surface area contributed by atoms with Crippen LogP contribution in [0.15, 0.2) is 35.3 Å². The van der Waals surface area contributed by atoms with Crippen LogP contribution in [0, 0.1) is 0 Å². The summed E-state index contributed by atoms with van der Waals surface area (Å²) in [5, 5.41) is 3.27. The van der Waals surface area contributed by atoms with E-state index in [1.54, 1.807) is 10.8 Å². The summed E-state index contributed by atoms with van der Waals surface area (Å²) in [7, 11) is 1.81. The van der Waals surface area contributed by atoms with Crippen LogP contribution in [0.3, 0.4) is 0 Å². The third-order valence-electron chi connectivity index (χ3n) is 6.10. The van der Waals surface area contributed by atoms with Crippen LogP contribution in [-0.2, 0) is 11.8 Å². The predicted molar refractivity (Wildman–Crippen MR) is 114 cm³/mol. The lowest BCUT2D eigenvalue weighted by Crippen LogP contribution is -2.26. The van der Waals surface area contributed by atoms with E-state index in [4.69, 9.17) is 9.47 Å². The number of imidazole rings is 1. The summed E-state index contributed by atoms with van der Waals surface area (Å²) < 4.78 is 15.0. The van der Waals surface area contributed by atoms with E-state index < -0.39 is 0 Å². The molecule has 0 unspecified atom stereocenters. The SMILES string of the molecule is Cn1c(=O)n(C2CCCC2)c2cc(Nc3cccc(OC4CCOCC4)n3)ncc21. The molecule has 3 aromatic heterocycles. The zero-order valence-corrected chi connectivity index (χ0v) is 17.2. The molecule has 5 rings (SSSR count). The Labute approximate surface area is 174 Å². The highest BCUT2D eigenvalue weighted by molar-refractivity contribution is 5.79. The molecule has 8 nitrogen and oxygen atoms in total. The summed E-state index contributed by atoms with van der Waals surface area (Å²) in [6, 6.07) is 7.89. The number of pyridine rings is 2. The van der Waals surface area contributed by atoms with E-state index in [-0.39, 0.29) is 17.8 Å². The molecule has 8 heteroatoms. The molecule has 30 heavy (non-hydrogen) atoms. The predicted octanol–water partition coefficient (Wildman–Crippen LogP) is 3.55. The number of hydrogen-bond donors (Lipinski definition) is 1. The Hall–Kier alpha value is -2.87. The van der Waals surface area contributed by atoms with Crippen molar-refractivity contribution in [1.82, 2.24) is 19.1 Å². The lowest BCUT2D eigenvalue weighted by molar-refractivity contribution is 0.0238. The maximum absolute atomic E-state index is 12.8. The zero-order valence-electron chi connectivity index (χ0n) is 17.2. The van der Waals surface area contributed by atoms with Gasteiger partial charge in [0.1, 0.15) is 17.7 Å². The Morgan fingerprint density at radius 1 is 1.10 bits per heavy atom. The van der Waals surface area contributed by atoms with Crippen molar-refractivity contribution in [2.45, 2.75) is 50.7 Å². The van der Waals surface area contributed by atoms with Crippen LogP contribution < -0.4 is 15.7 Å². The smallest absolute Gasteiger partial charge is 0.329 e. The second-order valence-electron chi connectivity index (χ2n) is 8.12. The van der Waals surface area contributed by atoms with Gasteiger partial charge in [-0.2, -0.15) is 4.98 Å². The van der Waals surface area contributed by atoms with Crippen molar-refractivity contribution in [3.8, 4) is 5.88 Å². The number of fused-ring (bicyclic) bond motifs is 1. The largest absolute Gasteiger partial charge is 0.474 e. The molecule has 0 aromatic carbocycles. The summed E-state index contributed by atoms with van der Waals surface area (Å²) in [5.41, 5.74) is 1.80. The molecular formula is C22H27N5O3. The maximum Gasteiger partial charge on any atom is 0.329 e. The second-order valence-corrected chi connectivity index (χ2v) is 8.12. The number of nitrogens with zero attached hydrogens (tertiary/aromatic N) is 4. The maximum atomic E-state index is 12.8. The molecule has 1 aliphatic carbocycles. The molecule has 0 radical (unpaired) electrons. The van der Waals surface area contributed by atoms with E-state index in [9.17, 15) is 4.79 Å². The van der Waals surface area contributed by atoms with E-state index in [1.807, 2.05) is 35.9 Å². The molecule has 1 saturated heterocycles. The Morgan fingerprint density at radius 3 is 2.70 bits per heavy atom. The van der Waals surface area contributed by atoms with Crippen LogP contribution in [0.25, 0.3) is 11.0 Å². The summed E-state index contributed by atoms with van der Waals surface area (Å²) in [6.45, 7) is 1.46. The molecule has 158 valence electrons. The first-order valence-corrected chi connectivity index (χ1v) is 10.7. The lowest BCUT2D eigenvalue weighted by atomic mass is 10.1. The monoisotopic (exact) mass is 409 g/mol. The summed E-state index contributed by atoms with van der Waals surface area (Å²) in [4.78, 5) is 21.9. The Bertz CT molecular complexity index is 1090. The molecule has 0 spiro atoms. The molecule has 1 N–H and O–H groups in total. The van der Waals surface area contributed by atoms with Gasteiger partial charge >= 0.3 is 5.69 Å². The van der Waals surface area contributed by atoms with Gasteiger partial charge in [0, 0.05) is 38.1 Å². The fourth-order valence-electron chi connectivity index (χ4n) is 4.49. The minimum Gasteiger partial charge on any atom is -0.474 e. The lowest BCUT2D eigenvalue weighted by Gasteiger charge is -2.22. The number of anilines is 2. The van der Waals surface area contributed by atoms with Gasteiger partial charge in [-0.05, 0) is 18.9 Å². The number of aryl methyl sites for hydroxylation is 1. The normalized spacial score (nSPS) is 18.2. The number of nitrogens with one attached hydrogen (secondary N) is 1. The first kappa shape index (κ1) is 19.1. The van der Waals surface area contributed by atoms with Gasteiger partial charge in [-0.15, -0.1) is 0 Å². The highest BCUT2D eigenvalue weighted by atomic mass is 16.5. The van der Waals surface area contributed by atoms with Gasteiger partial charge in [0.25, 0.3) is 0 Å². The molecule has 1 aliphatic heterocycles. The number of ether oxygens (including phenoxy) is 2. The summed E-state index contributed by atoms with van der Waals surface area (Å²) >= 11 is 0. The minimum atomic E-state index is 0.0285. The molecule has 0 atom stereocenters. The van der Waals surface area contributed by atoms with Crippen LogP contribution >= 0.6 is 0 Å². The number of rotatable bonds is 5. The van der Waals surface area contributed by atoms with Crippen molar-refractivity contribution in [3.63, 3.8) is 0 Å². The molecule has 2 aliphatic rings. The van der Waals surface area contributed by atoms with Crippen LogP contribution in [0.1, 0.15) is 44.6 Å². The van der Waals surface area contributed by atoms with E-state index in [2.05, 4.69) is 15.3 Å². The van der Waals surface area contributed by atoms with E-state index in [1.165, 1.54) is 12.8 Å². The first-order valence-electron chi connectivity index (χ1n) is 10.7. The van der Waals surface area contributed by atoms with Crippen molar-refractivity contribution in [3.05, 3.63) is 40.9 Å². The van der Waals surface area contributed by atoms with E-state index in [0.717, 1.165) is 49.9 Å². The fourth-order valence-corrected chi connectivity index (χ4v) is 4.49. The van der Waals surface area contributed by atoms with Crippen molar-refractivity contribution < 1.29 is 9.47 Å². The van der Waals surface area contributed by atoms with Crippen LogP contribution in [0.2, 0.25) is 0 Å². The second kappa shape index (κ2) is 8.10. The summed E-state index contributed by atoms with van der Waals surface area (Å²) in [6.07, 6.45) is 8.11. The molecule has 0 amide bonds. The molecule has 3 aromatic rings. The number of hydrogen-bond acceptors (Lipinski definition) is 6. The van der Waals surface area contributed by atoms with Gasteiger partial charge in [-0.25, -0.2) is 9.78 Å². The standard InChI is InChI=1S/C22H27N5O3/c1-26-18-14-23-20(13-17(18)27(22(26)28)15-5-2-3-6-15)24-19-7-4-8-21(25-19)30-16-9-11-29-12-10-16/h4,7-8,13-16H,2-3,5-6,9-12H2,1H3,(H,23,24,25). The quantitative estimate of drug-likeness (QED) is 0.694. The highest BCUT2D eigenvalue weighted by Crippen LogP contribution is 2.31. The Kier molecular flexibility index (Phi) is 5.16. The fraction of sp³-hybridized carbons (Fsp3) is 0.500. The summed E-state index contributed by atoms with van der Waals surface area (Å²) in [5.74, 6) is 1.92. The van der Waals surface area contributed by atoms with Crippen LogP contribution in [0.4, 0.5) is 11.6 Å². The van der Waals surface area contributed by atoms with E-state index in [0.29, 0.717) is 17.5 Å². The average Bonchev–Trinajstić information content (AvgIpc) is 3.36.